The lowest BCUT2D eigenvalue weighted by Gasteiger charge is -2.07. The van der Waals surface area contributed by atoms with Crippen molar-refractivity contribution in [3.8, 4) is 0 Å². The fraction of sp³-hybridized carbons (Fsp3) is 0.385. The van der Waals surface area contributed by atoms with E-state index in [0.29, 0.717) is 6.42 Å². The summed E-state index contributed by atoms with van der Waals surface area (Å²) < 4.78 is 1.69. The minimum atomic E-state index is -0.538. The van der Waals surface area contributed by atoms with Gasteiger partial charge in [0.2, 0.25) is 0 Å². The van der Waals surface area contributed by atoms with Crippen LogP contribution in [0.2, 0.25) is 0 Å². The third-order valence-electron chi connectivity index (χ3n) is 2.81. The van der Waals surface area contributed by atoms with Crippen molar-refractivity contribution in [2.75, 3.05) is 0 Å². The van der Waals surface area contributed by atoms with Crippen LogP contribution in [0.25, 0.3) is 0 Å². The summed E-state index contributed by atoms with van der Waals surface area (Å²) in [4.78, 5) is 4.33. The molecule has 0 aromatic carbocycles. The van der Waals surface area contributed by atoms with E-state index < -0.39 is 6.10 Å². The Morgan fingerprint density at radius 3 is 2.71 bits per heavy atom. The largest absolute Gasteiger partial charge is 0.388 e. The van der Waals surface area contributed by atoms with E-state index in [9.17, 15) is 5.11 Å². The quantitative estimate of drug-likeness (QED) is 0.870. The Morgan fingerprint density at radius 2 is 2.18 bits per heavy atom. The molecule has 0 saturated carbocycles. The lowest BCUT2D eigenvalue weighted by atomic mass is 10.1. The zero-order valence-corrected chi connectivity index (χ0v) is 10.2. The third kappa shape index (κ3) is 2.91. The van der Waals surface area contributed by atoms with E-state index in [2.05, 4.69) is 23.1 Å². The number of aliphatic hydroxyl groups is 1. The Morgan fingerprint density at radius 1 is 1.35 bits per heavy atom. The second kappa shape index (κ2) is 5.10. The molecule has 0 amide bonds. The Kier molecular flexibility index (Phi) is 3.54. The molecule has 0 aliphatic rings. The Bertz CT molecular complexity index is 476. The van der Waals surface area contributed by atoms with Gasteiger partial charge in [-0.25, -0.2) is 0 Å². The van der Waals surface area contributed by atoms with E-state index in [4.69, 9.17) is 0 Å². The van der Waals surface area contributed by atoms with Crippen molar-refractivity contribution in [3.05, 3.63) is 47.5 Å². The van der Waals surface area contributed by atoms with Crippen LogP contribution >= 0.6 is 0 Å². The van der Waals surface area contributed by atoms with Gasteiger partial charge in [-0.2, -0.15) is 5.10 Å². The Hall–Kier alpha value is -1.68. The first-order chi connectivity index (χ1) is 8.19. The van der Waals surface area contributed by atoms with Gasteiger partial charge in [0.1, 0.15) is 0 Å². The highest BCUT2D eigenvalue weighted by atomic mass is 16.3. The van der Waals surface area contributed by atoms with Crippen LogP contribution in [0.1, 0.15) is 29.8 Å². The fourth-order valence-corrected chi connectivity index (χ4v) is 1.71. The summed E-state index contributed by atoms with van der Waals surface area (Å²) >= 11 is 0. The number of hydrogen-bond acceptors (Lipinski definition) is 3. The maximum atomic E-state index is 10.0. The summed E-state index contributed by atoms with van der Waals surface area (Å²) in [5, 5.41) is 14.1. The zero-order valence-electron chi connectivity index (χ0n) is 10.2. The first-order valence-electron chi connectivity index (χ1n) is 5.79. The molecule has 2 aromatic rings. The van der Waals surface area contributed by atoms with Crippen molar-refractivity contribution in [2.24, 2.45) is 7.05 Å². The molecule has 2 rings (SSSR count). The molecule has 0 spiro atoms. The number of hydrogen-bond donors (Lipinski definition) is 1. The number of aryl methyl sites for hydroxylation is 2. The molecule has 0 fully saturated rings. The molecule has 1 atom stereocenters. The van der Waals surface area contributed by atoms with E-state index in [0.717, 1.165) is 17.7 Å². The maximum absolute atomic E-state index is 10.0. The third-order valence-corrected chi connectivity index (χ3v) is 2.81. The normalized spacial score (nSPS) is 12.6. The fourth-order valence-electron chi connectivity index (χ4n) is 1.71. The summed E-state index contributed by atoms with van der Waals surface area (Å²) in [5.41, 5.74) is 2.94. The van der Waals surface area contributed by atoms with Crippen LogP contribution in [-0.4, -0.2) is 19.9 Å². The van der Waals surface area contributed by atoms with Crippen LogP contribution < -0.4 is 0 Å². The van der Waals surface area contributed by atoms with Gasteiger partial charge in [0.15, 0.2) is 0 Å². The molecule has 17 heavy (non-hydrogen) atoms. The molecule has 4 nitrogen and oxygen atoms in total. The van der Waals surface area contributed by atoms with Crippen molar-refractivity contribution < 1.29 is 5.11 Å². The van der Waals surface area contributed by atoms with Crippen molar-refractivity contribution in [3.63, 3.8) is 0 Å². The second-order valence-electron chi connectivity index (χ2n) is 4.18. The SMILES string of the molecule is CCc1ccc(CC(O)c2cnn(C)c2)nc1. The van der Waals surface area contributed by atoms with Crippen molar-refractivity contribution in [1.29, 1.82) is 0 Å². The lowest BCUT2D eigenvalue weighted by molar-refractivity contribution is 0.177. The summed E-state index contributed by atoms with van der Waals surface area (Å²) in [5.74, 6) is 0. The minimum absolute atomic E-state index is 0.523. The average molecular weight is 231 g/mol. The summed E-state index contributed by atoms with van der Waals surface area (Å²) in [6.45, 7) is 2.10. The smallest absolute Gasteiger partial charge is 0.0875 e. The van der Waals surface area contributed by atoms with Crippen LogP contribution in [0.4, 0.5) is 0 Å². The van der Waals surface area contributed by atoms with Gasteiger partial charge in [-0.05, 0) is 18.1 Å². The minimum Gasteiger partial charge on any atom is -0.388 e. The maximum Gasteiger partial charge on any atom is 0.0875 e. The zero-order chi connectivity index (χ0) is 12.3. The van der Waals surface area contributed by atoms with E-state index in [1.165, 1.54) is 5.56 Å². The van der Waals surface area contributed by atoms with Gasteiger partial charge in [-0.1, -0.05) is 13.0 Å². The highest BCUT2D eigenvalue weighted by Crippen LogP contribution is 2.16. The van der Waals surface area contributed by atoms with Crippen LogP contribution in [0.15, 0.2) is 30.7 Å². The summed E-state index contributed by atoms with van der Waals surface area (Å²) in [6, 6.07) is 4.02. The van der Waals surface area contributed by atoms with E-state index in [-0.39, 0.29) is 0 Å². The number of pyridine rings is 1. The molecule has 1 unspecified atom stereocenters. The Labute approximate surface area is 101 Å². The molecule has 4 heteroatoms. The highest BCUT2D eigenvalue weighted by Gasteiger charge is 2.11. The lowest BCUT2D eigenvalue weighted by Crippen LogP contribution is -2.02. The van der Waals surface area contributed by atoms with Gasteiger partial charge in [-0.15, -0.1) is 0 Å². The molecule has 0 aliphatic heterocycles. The Balaban J connectivity index is 2.04. The number of nitrogens with zero attached hydrogens (tertiary/aromatic N) is 3. The van der Waals surface area contributed by atoms with E-state index in [1.54, 1.807) is 10.9 Å². The van der Waals surface area contributed by atoms with Gasteiger partial charge in [0.05, 0.1) is 12.3 Å². The number of aliphatic hydroxyl groups excluding tert-OH is 1. The standard InChI is InChI=1S/C13H17N3O/c1-3-10-4-5-12(14-7-10)6-13(17)11-8-15-16(2)9-11/h4-5,7-9,13,17H,3,6H2,1-2H3. The van der Waals surface area contributed by atoms with Crippen LogP contribution in [0.3, 0.4) is 0 Å². The first kappa shape index (κ1) is 11.8. The highest BCUT2D eigenvalue weighted by molar-refractivity contribution is 5.17. The molecule has 0 bridgehead atoms. The van der Waals surface area contributed by atoms with Crippen molar-refractivity contribution in [1.82, 2.24) is 14.8 Å². The molecule has 90 valence electrons. The van der Waals surface area contributed by atoms with Crippen LogP contribution in [-0.2, 0) is 19.9 Å². The molecule has 0 saturated heterocycles. The van der Waals surface area contributed by atoms with Gasteiger partial charge in [-0.3, -0.25) is 9.67 Å². The van der Waals surface area contributed by atoms with E-state index in [1.807, 2.05) is 25.5 Å². The topological polar surface area (TPSA) is 50.9 Å². The van der Waals surface area contributed by atoms with Crippen LogP contribution in [0, 0.1) is 0 Å². The van der Waals surface area contributed by atoms with Gasteiger partial charge < -0.3 is 5.11 Å². The van der Waals surface area contributed by atoms with Gasteiger partial charge >= 0.3 is 0 Å². The van der Waals surface area contributed by atoms with Crippen molar-refractivity contribution >= 4 is 0 Å². The van der Waals surface area contributed by atoms with E-state index >= 15 is 0 Å². The van der Waals surface area contributed by atoms with Crippen LogP contribution in [0.5, 0.6) is 0 Å². The summed E-state index contributed by atoms with van der Waals surface area (Å²) in [7, 11) is 1.84. The number of rotatable bonds is 4. The average Bonchev–Trinajstić information content (AvgIpc) is 2.77. The number of aromatic nitrogens is 3. The molecular formula is C13H17N3O. The molecule has 0 aliphatic carbocycles. The molecule has 2 aromatic heterocycles. The molecule has 0 radical (unpaired) electrons. The predicted octanol–water partition coefficient (Wildman–Crippen LogP) is 1.65. The molecular weight excluding hydrogens is 214 g/mol. The second-order valence-corrected chi connectivity index (χ2v) is 4.18. The predicted molar refractivity (Wildman–Crippen MR) is 65.5 cm³/mol. The summed E-state index contributed by atoms with van der Waals surface area (Å²) in [6.07, 6.45) is 6.35. The molecule has 2 heterocycles. The monoisotopic (exact) mass is 231 g/mol. The molecule has 1 N–H and O–H groups in total. The van der Waals surface area contributed by atoms with Crippen molar-refractivity contribution in [2.45, 2.75) is 25.9 Å². The first-order valence-corrected chi connectivity index (χ1v) is 5.79. The van der Waals surface area contributed by atoms with Gasteiger partial charge in [0, 0.05) is 37.1 Å². The van der Waals surface area contributed by atoms with Gasteiger partial charge in [0.25, 0.3) is 0 Å².